The van der Waals surface area contributed by atoms with Crippen LogP contribution in [0.1, 0.15) is 5.56 Å². The SMILES string of the molecule is CNCc1cc(-c2ccccc2F)n(S(=O)(=O)c2ccoc2)c1. The van der Waals surface area contributed by atoms with Gasteiger partial charge in [0, 0.05) is 18.3 Å². The van der Waals surface area contributed by atoms with Crippen molar-refractivity contribution in [3.63, 3.8) is 0 Å². The van der Waals surface area contributed by atoms with Gasteiger partial charge in [0.25, 0.3) is 10.0 Å². The number of hydrogen-bond donors (Lipinski definition) is 1. The highest BCUT2D eigenvalue weighted by Crippen LogP contribution is 2.29. The Morgan fingerprint density at radius 2 is 2.04 bits per heavy atom. The van der Waals surface area contributed by atoms with Crippen molar-refractivity contribution in [3.8, 4) is 11.3 Å². The summed E-state index contributed by atoms with van der Waals surface area (Å²) in [4.78, 5) is 0.0155. The standard InChI is InChI=1S/C16H15FN2O3S/c1-18-9-12-8-16(14-4-2-3-5-15(14)17)19(10-12)23(20,21)13-6-7-22-11-13/h2-8,10-11,18H,9H2,1H3. The van der Waals surface area contributed by atoms with Gasteiger partial charge in [-0.15, -0.1) is 0 Å². The zero-order valence-electron chi connectivity index (χ0n) is 12.4. The largest absolute Gasteiger partial charge is 0.471 e. The van der Waals surface area contributed by atoms with Gasteiger partial charge < -0.3 is 9.73 Å². The van der Waals surface area contributed by atoms with Crippen molar-refractivity contribution in [2.24, 2.45) is 0 Å². The van der Waals surface area contributed by atoms with Crippen LogP contribution in [0.5, 0.6) is 0 Å². The molecule has 0 atom stereocenters. The molecule has 2 heterocycles. The van der Waals surface area contributed by atoms with Crippen molar-refractivity contribution in [3.05, 3.63) is 66.5 Å². The van der Waals surface area contributed by atoms with E-state index in [4.69, 9.17) is 4.42 Å². The fourth-order valence-corrected chi connectivity index (χ4v) is 3.69. The highest BCUT2D eigenvalue weighted by Gasteiger charge is 2.23. The maximum absolute atomic E-state index is 14.1. The Morgan fingerprint density at radius 1 is 1.26 bits per heavy atom. The average molecular weight is 334 g/mol. The minimum absolute atomic E-state index is 0.0155. The van der Waals surface area contributed by atoms with Gasteiger partial charge in [0.15, 0.2) is 0 Å². The molecule has 0 saturated heterocycles. The van der Waals surface area contributed by atoms with E-state index in [1.807, 2.05) is 0 Å². The van der Waals surface area contributed by atoms with Crippen LogP contribution in [0.15, 0.2) is 64.4 Å². The van der Waals surface area contributed by atoms with Crippen molar-refractivity contribution in [1.29, 1.82) is 0 Å². The molecule has 1 aromatic carbocycles. The number of rotatable bonds is 5. The predicted octanol–water partition coefficient (Wildman–Crippen LogP) is 2.84. The van der Waals surface area contributed by atoms with Crippen molar-refractivity contribution >= 4 is 10.0 Å². The van der Waals surface area contributed by atoms with Crippen molar-refractivity contribution in [2.45, 2.75) is 11.4 Å². The second-order valence-electron chi connectivity index (χ2n) is 5.00. The van der Waals surface area contributed by atoms with Gasteiger partial charge in [-0.25, -0.2) is 16.8 Å². The van der Waals surface area contributed by atoms with Gasteiger partial charge >= 0.3 is 0 Å². The van der Waals surface area contributed by atoms with Crippen LogP contribution in [-0.2, 0) is 16.6 Å². The Morgan fingerprint density at radius 3 is 2.70 bits per heavy atom. The molecule has 2 aromatic heterocycles. The van der Waals surface area contributed by atoms with Crippen LogP contribution in [0, 0.1) is 5.82 Å². The van der Waals surface area contributed by atoms with Gasteiger partial charge in [0.2, 0.25) is 0 Å². The third-order valence-corrected chi connectivity index (χ3v) is 5.07. The topological polar surface area (TPSA) is 64.2 Å². The molecule has 0 amide bonds. The van der Waals surface area contributed by atoms with E-state index in [0.717, 1.165) is 15.8 Å². The Bertz CT molecular complexity index is 915. The summed E-state index contributed by atoms with van der Waals surface area (Å²) in [7, 11) is -2.11. The second kappa shape index (κ2) is 6.02. The molecule has 23 heavy (non-hydrogen) atoms. The molecule has 3 rings (SSSR count). The molecule has 5 nitrogen and oxygen atoms in total. The van der Waals surface area contributed by atoms with Crippen molar-refractivity contribution in [2.75, 3.05) is 7.05 Å². The third kappa shape index (κ3) is 2.80. The lowest BCUT2D eigenvalue weighted by atomic mass is 10.1. The summed E-state index contributed by atoms with van der Waals surface area (Å²) in [6, 6.07) is 9.10. The monoisotopic (exact) mass is 334 g/mol. The van der Waals surface area contributed by atoms with Gasteiger partial charge in [-0.2, -0.15) is 0 Å². The van der Waals surface area contributed by atoms with Crippen LogP contribution in [0.3, 0.4) is 0 Å². The molecule has 0 aliphatic heterocycles. The zero-order chi connectivity index (χ0) is 16.4. The van der Waals surface area contributed by atoms with Crippen LogP contribution in [0.25, 0.3) is 11.3 Å². The first-order valence-corrected chi connectivity index (χ1v) is 8.36. The minimum Gasteiger partial charge on any atom is -0.471 e. The summed E-state index contributed by atoms with van der Waals surface area (Å²) in [6.07, 6.45) is 3.92. The summed E-state index contributed by atoms with van der Waals surface area (Å²) in [5, 5.41) is 2.96. The van der Waals surface area contributed by atoms with E-state index >= 15 is 0 Å². The Hall–Kier alpha value is -2.38. The lowest BCUT2D eigenvalue weighted by Crippen LogP contribution is -2.13. The Balaban J connectivity index is 2.22. The van der Waals surface area contributed by atoms with E-state index < -0.39 is 15.8 Å². The number of hydrogen-bond acceptors (Lipinski definition) is 4. The average Bonchev–Trinajstić information content (AvgIpc) is 3.18. The van der Waals surface area contributed by atoms with Gasteiger partial charge in [-0.3, -0.25) is 0 Å². The highest BCUT2D eigenvalue weighted by molar-refractivity contribution is 7.90. The van der Waals surface area contributed by atoms with Gasteiger partial charge in [-0.1, -0.05) is 12.1 Å². The fourth-order valence-electron chi connectivity index (χ4n) is 2.37. The highest BCUT2D eigenvalue weighted by atomic mass is 32.2. The normalized spacial score (nSPS) is 11.7. The van der Waals surface area contributed by atoms with Gasteiger partial charge in [-0.05, 0) is 36.9 Å². The van der Waals surface area contributed by atoms with Crippen molar-refractivity contribution < 1.29 is 17.2 Å². The number of benzene rings is 1. The molecular formula is C16H15FN2O3S. The van der Waals surface area contributed by atoms with Gasteiger partial charge in [0.1, 0.15) is 17.0 Å². The molecule has 1 N–H and O–H groups in total. The van der Waals surface area contributed by atoms with Gasteiger partial charge in [0.05, 0.1) is 12.0 Å². The van der Waals surface area contributed by atoms with E-state index in [9.17, 15) is 12.8 Å². The summed E-state index contributed by atoms with van der Waals surface area (Å²) in [5.74, 6) is -0.481. The third-order valence-electron chi connectivity index (χ3n) is 3.43. The number of aromatic nitrogens is 1. The summed E-state index contributed by atoms with van der Waals surface area (Å²) < 4.78 is 45.6. The molecule has 0 saturated carbocycles. The molecule has 0 fully saturated rings. The summed E-state index contributed by atoms with van der Waals surface area (Å²) >= 11 is 0. The molecule has 0 radical (unpaired) electrons. The quantitative estimate of drug-likeness (QED) is 0.779. The molecule has 0 bridgehead atoms. The van der Waals surface area contributed by atoms with E-state index in [1.165, 1.54) is 24.6 Å². The first-order valence-electron chi connectivity index (χ1n) is 6.92. The molecule has 0 unspecified atom stereocenters. The smallest absolute Gasteiger partial charge is 0.271 e. The minimum atomic E-state index is -3.86. The zero-order valence-corrected chi connectivity index (χ0v) is 13.2. The maximum atomic E-state index is 14.1. The molecule has 7 heteroatoms. The number of nitrogens with zero attached hydrogens (tertiary/aromatic N) is 1. The summed E-state index contributed by atoms with van der Waals surface area (Å²) in [5.41, 5.74) is 1.23. The fraction of sp³-hybridized carbons (Fsp3) is 0.125. The maximum Gasteiger partial charge on any atom is 0.271 e. The van der Waals surface area contributed by atoms with E-state index in [-0.39, 0.29) is 16.2 Å². The van der Waals surface area contributed by atoms with Crippen LogP contribution in [-0.4, -0.2) is 19.4 Å². The number of halogens is 1. The van der Waals surface area contributed by atoms with Crippen LogP contribution in [0.4, 0.5) is 4.39 Å². The summed E-state index contributed by atoms with van der Waals surface area (Å²) in [6.45, 7) is 0.468. The Labute approximate surface area is 133 Å². The molecule has 0 aliphatic carbocycles. The lowest BCUT2D eigenvalue weighted by Gasteiger charge is -2.09. The van der Waals surface area contributed by atoms with E-state index in [2.05, 4.69) is 5.32 Å². The second-order valence-corrected chi connectivity index (χ2v) is 6.82. The van der Waals surface area contributed by atoms with E-state index in [0.29, 0.717) is 6.54 Å². The molecule has 0 spiro atoms. The van der Waals surface area contributed by atoms with Crippen molar-refractivity contribution in [1.82, 2.24) is 9.29 Å². The molecule has 120 valence electrons. The Kier molecular flexibility index (Phi) is 4.06. The predicted molar refractivity (Wildman–Crippen MR) is 83.9 cm³/mol. The molecule has 3 aromatic rings. The van der Waals surface area contributed by atoms with Crippen LogP contribution < -0.4 is 5.32 Å². The lowest BCUT2D eigenvalue weighted by molar-refractivity contribution is 0.554. The number of nitrogens with one attached hydrogen (secondary N) is 1. The van der Waals surface area contributed by atoms with E-state index in [1.54, 1.807) is 31.3 Å². The van der Waals surface area contributed by atoms with Crippen LogP contribution in [0.2, 0.25) is 0 Å². The molecule has 0 aliphatic rings. The number of furan rings is 1. The first kappa shape index (κ1) is 15.5. The molecular weight excluding hydrogens is 319 g/mol. The first-order chi connectivity index (χ1) is 11.0. The van der Waals surface area contributed by atoms with Crippen LogP contribution >= 0.6 is 0 Å².